The third kappa shape index (κ3) is 12.8. The maximum atomic E-state index is 13.0. The average molecular weight is 595 g/mol. The summed E-state index contributed by atoms with van der Waals surface area (Å²) in [6.07, 6.45) is 24.4. The van der Waals surface area contributed by atoms with Crippen LogP contribution in [0.3, 0.4) is 0 Å². The van der Waals surface area contributed by atoms with Crippen LogP contribution in [0.1, 0.15) is 147 Å². The molecule has 44 heavy (non-hydrogen) atoms. The Morgan fingerprint density at radius 3 is 1.61 bits per heavy atom. The number of rotatable bonds is 17. The minimum atomic E-state index is -0.0232. The van der Waals surface area contributed by atoms with Crippen LogP contribution in [0.2, 0.25) is 0 Å². The standard InChI is InChI=1S/C42H58O2/c1-30(2)16-12-17-31(3)18-13-20-33(5)26-28-36(8)35(7)23-15-22-32(4)19-14-21-34(6)27-29-38-37(9)41(43)39-24-10-11-25-40(39)42(38)44/h10-11,16,18-19,23-27,36H,12-15,17,20-22,28-29H2,1-9H3/b31-18+,32-19+,33-26+,34-27+,35-23+. The highest BCUT2D eigenvalue weighted by Gasteiger charge is 2.28. The van der Waals surface area contributed by atoms with Gasteiger partial charge in [0.2, 0.25) is 0 Å². The normalized spacial score (nSPS) is 16.0. The van der Waals surface area contributed by atoms with Crippen LogP contribution in [0, 0.1) is 5.92 Å². The van der Waals surface area contributed by atoms with Crippen molar-refractivity contribution in [1.29, 1.82) is 0 Å². The van der Waals surface area contributed by atoms with E-state index < -0.39 is 0 Å². The average Bonchev–Trinajstić information content (AvgIpc) is 2.98. The van der Waals surface area contributed by atoms with Crippen molar-refractivity contribution in [3.63, 3.8) is 0 Å². The maximum Gasteiger partial charge on any atom is 0.190 e. The van der Waals surface area contributed by atoms with E-state index in [4.69, 9.17) is 0 Å². The van der Waals surface area contributed by atoms with Gasteiger partial charge in [-0.25, -0.2) is 0 Å². The lowest BCUT2D eigenvalue weighted by molar-refractivity contribution is 0.0973. The minimum absolute atomic E-state index is 0.00875. The summed E-state index contributed by atoms with van der Waals surface area (Å²) in [4.78, 5) is 25.7. The summed E-state index contributed by atoms with van der Waals surface area (Å²) in [6, 6.07) is 7.15. The highest BCUT2D eigenvalue weighted by atomic mass is 16.1. The topological polar surface area (TPSA) is 34.1 Å². The molecule has 1 atom stereocenters. The molecule has 2 heteroatoms. The third-order valence-electron chi connectivity index (χ3n) is 8.89. The summed E-state index contributed by atoms with van der Waals surface area (Å²) in [5.41, 5.74) is 10.9. The molecule has 0 fully saturated rings. The molecule has 0 saturated carbocycles. The van der Waals surface area contributed by atoms with Gasteiger partial charge in [-0.2, -0.15) is 0 Å². The Morgan fingerprint density at radius 1 is 0.614 bits per heavy atom. The lowest BCUT2D eigenvalue weighted by atomic mass is 9.83. The number of fused-ring (bicyclic) bond motifs is 1. The summed E-state index contributed by atoms with van der Waals surface area (Å²) in [5.74, 6) is 0.539. The van der Waals surface area contributed by atoms with Crippen LogP contribution in [-0.2, 0) is 0 Å². The van der Waals surface area contributed by atoms with Crippen LogP contribution < -0.4 is 0 Å². The predicted octanol–water partition coefficient (Wildman–Crippen LogP) is 12.6. The smallest absolute Gasteiger partial charge is 0.190 e. The maximum absolute atomic E-state index is 13.0. The highest BCUT2D eigenvalue weighted by Crippen LogP contribution is 2.28. The van der Waals surface area contributed by atoms with Gasteiger partial charge in [-0.1, -0.05) is 101 Å². The van der Waals surface area contributed by atoms with Crippen LogP contribution in [-0.4, -0.2) is 11.6 Å². The van der Waals surface area contributed by atoms with E-state index in [1.165, 1.54) is 39.9 Å². The fourth-order valence-corrected chi connectivity index (χ4v) is 5.45. The summed E-state index contributed by atoms with van der Waals surface area (Å²) in [5, 5.41) is 0. The predicted molar refractivity (Wildman–Crippen MR) is 191 cm³/mol. The fourth-order valence-electron chi connectivity index (χ4n) is 5.45. The van der Waals surface area contributed by atoms with Crippen LogP contribution in [0.5, 0.6) is 0 Å². The molecular weight excluding hydrogens is 536 g/mol. The van der Waals surface area contributed by atoms with Gasteiger partial charge in [0, 0.05) is 22.3 Å². The zero-order chi connectivity index (χ0) is 32.6. The number of allylic oxidation sites excluding steroid dienone is 14. The van der Waals surface area contributed by atoms with E-state index >= 15 is 0 Å². The van der Waals surface area contributed by atoms with E-state index in [-0.39, 0.29) is 11.6 Å². The van der Waals surface area contributed by atoms with Crippen LogP contribution in [0.25, 0.3) is 0 Å². The Morgan fingerprint density at radius 2 is 1.07 bits per heavy atom. The molecule has 0 aliphatic heterocycles. The number of hydrogen-bond donors (Lipinski definition) is 0. The quantitative estimate of drug-likeness (QED) is 0.168. The van der Waals surface area contributed by atoms with E-state index in [0.29, 0.717) is 34.6 Å². The first-order valence-corrected chi connectivity index (χ1v) is 16.7. The Labute approximate surface area is 269 Å². The zero-order valence-corrected chi connectivity index (χ0v) is 29.2. The van der Waals surface area contributed by atoms with E-state index in [1.807, 2.05) is 12.1 Å². The summed E-state index contributed by atoms with van der Waals surface area (Å²) in [6.45, 7) is 19.6. The first-order chi connectivity index (χ1) is 20.9. The molecule has 0 bridgehead atoms. The van der Waals surface area contributed by atoms with Gasteiger partial charge in [-0.05, 0) is 126 Å². The van der Waals surface area contributed by atoms with Gasteiger partial charge in [0.1, 0.15) is 0 Å². The molecule has 0 N–H and O–H groups in total. The molecule has 1 unspecified atom stereocenters. The lowest BCUT2D eigenvalue weighted by Gasteiger charge is -2.18. The van der Waals surface area contributed by atoms with Crippen molar-refractivity contribution in [3.8, 4) is 0 Å². The Bertz CT molecular complexity index is 1360. The van der Waals surface area contributed by atoms with Crippen molar-refractivity contribution in [1.82, 2.24) is 0 Å². The van der Waals surface area contributed by atoms with E-state index in [9.17, 15) is 9.59 Å². The van der Waals surface area contributed by atoms with Gasteiger partial charge in [0.25, 0.3) is 0 Å². The minimum Gasteiger partial charge on any atom is -0.289 e. The molecular formula is C42H58O2. The van der Waals surface area contributed by atoms with Gasteiger partial charge in [0.05, 0.1) is 0 Å². The summed E-state index contributed by atoms with van der Waals surface area (Å²) in [7, 11) is 0. The molecule has 0 heterocycles. The molecule has 238 valence electrons. The lowest BCUT2D eigenvalue weighted by Crippen LogP contribution is -2.20. The molecule has 1 aromatic rings. The highest BCUT2D eigenvalue weighted by molar-refractivity contribution is 6.26. The molecule has 0 saturated heterocycles. The second-order valence-electron chi connectivity index (χ2n) is 13.2. The Kier molecular flexibility index (Phi) is 16.1. The Balaban J connectivity index is 1.74. The molecule has 1 aliphatic rings. The third-order valence-corrected chi connectivity index (χ3v) is 8.89. The van der Waals surface area contributed by atoms with Crippen molar-refractivity contribution < 1.29 is 9.59 Å². The second kappa shape index (κ2) is 19.2. The largest absolute Gasteiger partial charge is 0.289 e. The number of carbonyl (C=O) groups is 2. The van der Waals surface area contributed by atoms with Gasteiger partial charge in [0.15, 0.2) is 11.6 Å². The molecule has 1 aliphatic carbocycles. The molecule has 0 amide bonds. The monoisotopic (exact) mass is 594 g/mol. The summed E-state index contributed by atoms with van der Waals surface area (Å²) >= 11 is 0. The van der Waals surface area contributed by atoms with Gasteiger partial charge in [-0.3, -0.25) is 9.59 Å². The van der Waals surface area contributed by atoms with Crippen LogP contribution in [0.15, 0.2) is 105 Å². The second-order valence-corrected chi connectivity index (χ2v) is 13.2. The molecule has 0 radical (unpaired) electrons. The molecule has 1 aromatic carbocycles. The van der Waals surface area contributed by atoms with E-state index in [1.54, 1.807) is 19.1 Å². The van der Waals surface area contributed by atoms with Crippen LogP contribution in [0.4, 0.5) is 0 Å². The number of hydrogen-bond acceptors (Lipinski definition) is 2. The van der Waals surface area contributed by atoms with Gasteiger partial charge in [-0.15, -0.1) is 0 Å². The first-order valence-electron chi connectivity index (χ1n) is 16.7. The SMILES string of the molecule is CC(C)=CCC/C(C)=C/CC/C(C)=C/CC(C)/C(C)=C/CC/C(C)=C/CC/C(C)=C/CC1=C(C)C(=O)c2ccccc2C1=O. The zero-order valence-electron chi connectivity index (χ0n) is 29.2. The van der Waals surface area contributed by atoms with Crippen molar-refractivity contribution in [2.45, 2.75) is 127 Å². The van der Waals surface area contributed by atoms with Crippen molar-refractivity contribution in [3.05, 3.63) is 116 Å². The van der Waals surface area contributed by atoms with E-state index in [2.05, 4.69) is 91.8 Å². The van der Waals surface area contributed by atoms with Crippen LogP contribution >= 0.6 is 0 Å². The van der Waals surface area contributed by atoms with E-state index in [0.717, 1.165) is 51.4 Å². The summed E-state index contributed by atoms with van der Waals surface area (Å²) < 4.78 is 0. The number of carbonyl (C=O) groups excluding carboxylic acids is 2. The molecule has 2 nitrogen and oxygen atoms in total. The molecule has 2 rings (SSSR count). The first kappa shape index (κ1) is 36.9. The van der Waals surface area contributed by atoms with Crippen molar-refractivity contribution >= 4 is 11.6 Å². The number of ketones is 2. The molecule has 0 aromatic heterocycles. The molecule has 0 spiro atoms. The van der Waals surface area contributed by atoms with Gasteiger partial charge >= 0.3 is 0 Å². The number of benzene rings is 1. The van der Waals surface area contributed by atoms with Crippen molar-refractivity contribution in [2.75, 3.05) is 0 Å². The number of Topliss-reactive ketones (excluding diaryl/α,β-unsaturated/α-hetero) is 2. The van der Waals surface area contributed by atoms with Gasteiger partial charge < -0.3 is 0 Å². The van der Waals surface area contributed by atoms with Crippen molar-refractivity contribution in [2.24, 2.45) is 5.92 Å². The Hall–Kier alpha value is -3.26. The fraction of sp³-hybridized carbons (Fsp3) is 0.476.